The molecule has 0 saturated heterocycles. The van der Waals surface area contributed by atoms with Gasteiger partial charge in [0.15, 0.2) is 0 Å². The fourth-order valence-electron chi connectivity index (χ4n) is 1.87. The Hall–Kier alpha value is -3.33. The van der Waals surface area contributed by atoms with Gasteiger partial charge in [-0.25, -0.2) is 0 Å². The molecule has 2 N–H and O–H groups in total. The number of hydrogen-bond donors (Lipinski definition) is 2. The third-order valence-electron chi connectivity index (χ3n) is 3.10. The quantitative estimate of drug-likeness (QED) is 0.851. The van der Waals surface area contributed by atoms with Crippen molar-refractivity contribution >= 4 is 28.9 Å². The topological polar surface area (TPSA) is 85.2 Å². The number of nitrogens with one attached hydrogen (secondary N) is 2. The van der Waals surface area contributed by atoms with Gasteiger partial charge in [0, 0.05) is 31.2 Å². The molecule has 2 aromatic rings. The van der Waals surface area contributed by atoms with E-state index in [4.69, 9.17) is 5.26 Å². The first-order valence-corrected chi connectivity index (χ1v) is 6.89. The maximum atomic E-state index is 11.9. The minimum atomic E-state index is -0.773. The standard InChI is InChI=1S/C17H16N4O2/c1-21(2)15-5-3-4-14(10-15)20-17(23)16(22)19-13-8-6-12(11-18)7-9-13/h3-10H,1-2H3,(H,19,22)(H,20,23). The second-order valence-corrected chi connectivity index (χ2v) is 5.04. The Morgan fingerprint density at radius 3 is 2.13 bits per heavy atom. The number of rotatable bonds is 3. The van der Waals surface area contributed by atoms with Gasteiger partial charge in [0.05, 0.1) is 11.6 Å². The molecule has 0 radical (unpaired) electrons. The summed E-state index contributed by atoms with van der Waals surface area (Å²) in [5.41, 5.74) is 2.38. The number of benzene rings is 2. The summed E-state index contributed by atoms with van der Waals surface area (Å²) >= 11 is 0. The summed E-state index contributed by atoms with van der Waals surface area (Å²) in [6, 6.07) is 15.4. The van der Waals surface area contributed by atoms with Crippen LogP contribution in [0.2, 0.25) is 0 Å². The maximum absolute atomic E-state index is 11.9. The minimum Gasteiger partial charge on any atom is -0.378 e. The fraction of sp³-hybridized carbons (Fsp3) is 0.118. The van der Waals surface area contributed by atoms with Crippen LogP contribution < -0.4 is 15.5 Å². The largest absolute Gasteiger partial charge is 0.378 e. The van der Waals surface area contributed by atoms with Gasteiger partial charge in [-0.2, -0.15) is 5.26 Å². The molecule has 0 aliphatic carbocycles. The summed E-state index contributed by atoms with van der Waals surface area (Å²) in [6.45, 7) is 0. The molecule has 0 fully saturated rings. The molecule has 2 amide bonds. The third-order valence-corrected chi connectivity index (χ3v) is 3.10. The second kappa shape index (κ2) is 7.09. The number of nitrogens with zero attached hydrogens (tertiary/aromatic N) is 2. The number of carbonyl (C=O) groups is 2. The number of carbonyl (C=O) groups excluding carboxylic acids is 2. The van der Waals surface area contributed by atoms with Crippen molar-refractivity contribution in [2.45, 2.75) is 0 Å². The monoisotopic (exact) mass is 308 g/mol. The lowest BCUT2D eigenvalue weighted by Crippen LogP contribution is -2.29. The van der Waals surface area contributed by atoms with E-state index in [1.807, 2.05) is 31.1 Å². The van der Waals surface area contributed by atoms with Crippen LogP contribution in [0, 0.1) is 11.3 Å². The highest BCUT2D eigenvalue weighted by Crippen LogP contribution is 2.17. The zero-order valence-corrected chi connectivity index (χ0v) is 12.8. The van der Waals surface area contributed by atoms with E-state index < -0.39 is 11.8 Å². The lowest BCUT2D eigenvalue weighted by molar-refractivity contribution is -0.132. The van der Waals surface area contributed by atoms with Crippen molar-refractivity contribution < 1.29 is 9.59 Å². The lowest BCUT2D eigenvalue weighted by atomic mass is 10.2. The number of amides is 2. The van der Waals surface area contributed by atoms with Gasteiger partial charge in [0.2, 0.25) is 0 Å². The van der Waals surface area contributed by atoms with Crippen LogP contribution in [-0.4, -0.2) is 25.9 Å². The van der Waals surface area contributed by atoms with Gasteiger partial charge in [-0.1, -0.05) is 6.07 Å². The third kappa shape index (κ3) is 4.32. The van der Waals surface area contributed by atoms with Crippen LogP contribution in [0.1, 0.15) is 5.56 Å². The average Bonchev–Trinajstić information content (AvgIpc) is 2.55. The van der Waals surface area contributed by atoms with Crippen LogP contribution in [0.15, 0.2) is 48.5 Å². The number of nitriles is 1. The Balaban J connectivity index is 2.01. The zero-order valence-electron chi connectivity index (χ0n) is 12.8. The van der Waals surface area contributed by atoms with Crippen molar-refractivity contribution in [2.24, 2.45) is 0 Å². The lowest BCUT2D eigenvalue weighted by Gasteiger charge is -2.14. The van der Waals surface area contributed by atoms with Gasteiger partial charge in [-0.15, -0.1) is 0 Å². The molecule has 0 aliphatic heterocycles. The first-order valence-electron chi connectivity index (χ1n) is 6.89. The Morgan fingerprint density at radius 1 is 0.957 bits per heavy atom. The molecule has 6 heteroatoms. The van der Waals surface area contributed by atoms with Crippen molar-refractivity contribution in [3.05, 3.63) is 54.1 Å². The second-order valence-electron chi connectivity index (χ2n) is 5.04. The van der Waals surface area contributed by atoms with E-state index in [1.54, 1.807) is 42.5 Å². The Labute approximate surface area is 134 Å². The molecule has 0 unspecified atom stereocenters. The highest BCUT2D eigenvalue weighted by Gasteiger charge is 2.14. The molecule has 0 aromatic heterocycles. The van der Waals surface area contributed by atoms with E-state index in [1.165, 1.54) is 0 Å². The van der Waals surface area contributed by atoms with Gasteiger partial charge >= 0.3 is 11.8 Å². The summed E-state index contributed by atoms with van der Waals surface area (Å²) in [5, 5.41) is 13.7. The van der Waals surface area contributed by atoms with Crippen molar-refractivity contribution in [3.63, 3.8) is 0 Å². The van der Waals surface area contributed by atoms with E-state index in [2.05, 4.69) is 10.6 Å². The molecule has 0 bridgehead atoms. The molecule has 2 aromatic carbocycles. The van der Waals surface area contributed by atoms with E-state index in [0.29, 0.717) is 16.9 Å². The summed E-state index contributed by atoms with van der Waals surface area (Å²) in [6.07, 6.45) is 0. The molecule has 0 heterocycles. The maximum Gasteiger partial charge on any atom is 0.314 e. The first kappa shape index (κ1) is 16.0. The van der Waals surface area contributed by atoms with Gasteiger partial charge in [-0.05, 0) is 42.5 Å². The molecule has 23 heavy (non-hydrogen) atoms. The van der Waals surface area contributed by atoms with Crippen LogP contribution in [-0.2, 0) is 9.59 Å². The number of anilines is 3. The molecule has 0 atom stereocenters. The van der Waals surface area contributed by atoms with E-state index >= 15 is 0 Å². The minimum absolute atomic E-state index is 0.450. The highest BCUT2D eigenvalue weighted by molar-refractivity contribution is 6.43. The van der Waals surface area contributed by atoms with Crippen molar-refractivity contribution in [3.8, 4) is 6.07 Å². The van der Waals surface area contributed by atoms with Crippen molar-refractivity contribution in [2.75, 3.05) is 29.6 Å². The van der Waals surface area contributed by atoms with Crippen LogP contribution >= 0.6 is 0 Å². The summed E-state index contributed by atoms with van der Waals surface area (Å²) in [5.74, 6) is -1.53. The summed E-state index contributed by atoms with van der Waals surface area (Å²) < 4.78 is 0. The first-order chi connectivity index (χ1) is 11.0. The van der Waals surface area contributed by atoms with Crippen LogP contribution in [0.5, 0.6) is 0 Å². The van der Waals surface area contributed by atoms with Gasteiger partial charge < -0.3 is 15.5 Å². The molecular formula is C17H16N4O2. The normalized spacial score (nSPS) is 9.61. The summed E-state index contributed by atoms with van der Waals surface area (Å²) in [7, 11) is 3.77. The van der Waals surface area contributed by atoms with Crippen LogP contribution in [0.3, 0.4) is 0 Å². The van der Waals surface area contributed by atoms with Gasteiger partial charge in [0.25, 0.3) is 0 Å². The molecule has 6 nitrogen and oxygen atoms in total. The average molecular weight is 308 g/mol. The Bertz CT molecular complexity index is 761. The van der Waals surface area contributed by atoms with E-state index in [9.17, 15) is 9.59 Å². The molecule has 116 valence electrons. The van der Waals surface area contributed by atoms with Gasteiger partial charge in [0.1, 0.15) is 0 Å². The predicted octanol–water partition coefficient (Wildman–Crippen LogP) is 2.20. The van der Waals surface area contributed by atoms with Crippen LogP contribution in [0.4, 0.5) is 17.1 Å². The van der Waals surface area contributed by atoms with E-state index in [-0.39, 0.29) is 0 Å². The van der Waals surface area contributed by atoms with E-state index in [0.717, 1.165) is 5.69 Å². The van der Waals surface area contributed by atoms with Gasteiger partial charge in [-0.3, -0.25) is 9.59 Å². The molecule has 2 rings (SSSR count). The fourth-order valence-corrected chi connectivity index (χ4v) is 1.87. The Morgan fingerprint density at radius 2 is 1.57 bits per heavy atom. The smallest absolute Gasteiger partial charge is 0.314 e. The SMILES string of the molecule is CN(C)c1cccc(NC(=O)C(=O)Nc2ccc(C#N)cc2)c1. The predicted molar refractivity (Wildman–Crippen MR) is 89.2 cm³/mol. The molecule has 0 spiro atoms. The molecule has 0 saturated carbocycles. The summed E-state index contributed by atoms with van der Waals surface area (Å²) in [4.78, 5) is 25.7. The Kier molecular flexibility index (Phi) is 4.95. The number of hydrogen-bond acceptors (Lipinski definition) is 4. The zero-order chi connectivity index (χ0) is 16.8. The molecule has 0 aliphatic rings. The van der Waals surface area contributed by atoms with Crippen LogP contribution in [0.25, 0.3) is 0 Å². The van der Waals surface area contributed by atoms with Crippen molar-refractivity contribution in [1.29, 1.82) is 5.26 Å². The van der Waals surface area contributed by atoms with Crippen molar-refractivity contribution in [1.82, 2.24) is 0 Å². The molecular weight excluding hydrogens is 292 g/mol. The highest BCUT2D eigenvalue weighted by atomic mass is 16.2.